The molecule has 3 rings (SSSR count). The van der Waals surface area contributed by atoms with Crippen LogP contribution in [0.2, 0.25) is 0 Å². The van der Waals surface area contributed by atoms with Crippen LogP contribution < -0.4 is 16.4 Å². The Hall–Kier alpha value is -3.88. The van der Waals surface area contributed by atoms with E-state index in [9.17, 15) is 22.8 Å². The zero-order valence-electron chi connectivity index (χ0n) is 14.9. The van der Waals surface area contributed by atoms with Gasteiger partial charge in [0.25, 0.3) is 5.91 Å². The zero-order chi connectivity index (χ0) is 21.0. The van der Waals surface area contributed by atoms with E-state index in [-0.39, 0.29) is 34.7 Å². The summed E-state index contributed by atoms with van der Waals surface area (Å²) in [5.41, 5.74) is 5.96. The molecule has 9 heteroatoms. The molecule has 2 amide bonds. The van der Waals surface area contributed by atoms with E-state index in [2.05, 4.69) is 15.6 Å². The Balaban J connectivity index is 1.76. The van der Waals surface area contributed by atoms with Gasteiger partial charge in [-0.25, -0.2) is 18.2 Å². The quantitative estimate of drug-likeness (QED) is 0.590. The number of nitrogens with one attached hydrogen (secondary N) is 2. The van der Waals surface area contributed by atoms with Gasteiger partial charge in [-0.2, -0.15) is 0 Å². The predicted molar refractivity (Wildman–Crippen MR) is 101 cm³/mol. The van der Waals surface area contributed by atoms with Gasteiger partial charge in [-0.3, -0.25) is 9.59 Å². The van der Waals surface area contributed by atoms with Gasteiger partial charge in [-0.1, -0.05) is 18.2 Å². The van der Waals surface area contributed by atoms with E-state index < -0.39 is 29.3 Å². The average molecular weight is 400 g/mol. The molecule has 0 aliphatic rings. The normalized spacial score (nSPS) is 10.4. The van der Waals surface area contributed by atoms with E-state index in [4.69, 9.17) is 5.73 Å². The molecule has 0 aliphatic heterocycles. The maximum absolute atomic E-state index is 14.1. The van der Waals surface area contributed by atoms with Crippen LogP contribution in [0.3, 0.4) is 0 Å². The first-order chi connectivity index (χ1) is 13.8. The van der Waals surface area contributed by atoms with Gasteiger partial charge < -0.3 is 16.4 Å². The first-order valence-corrected chi connectivity index (χ1v) is 8.38. The van der Waals surface area contributed by atoms with Crippen molar-refractivity contribution in [1.29, 1.82) is 0 Å². The third-order valence-electron chi connectivity index (χ3n) is 3.93. The lowest BCUT2D eigenvalue weighted by Gasteiger charge is -2.12. The number of anilines is 3. The molecule has 2 aromatic carbocycles. The number of primary amides is 1. The van der Waals surface area contributed by atoms with Gasteiger partial charge in [-0.15, -0.1) is 0 Å². The summed E-state index contributed by atoms with van der Waals surface area (Å²) in [6, 6.07) is 10.6. The number of nitrogens with zero attached hydrogens (tertiary/aromatic N) is 1. The maximum atomic E-state index is 14.1. The highest BCUT2D eigenvalue weighted by atomic mass is 19.2. The van der Waals surface area contributed by atoms with Gasteiger partial charge in [0.15, 0.2) is 17.5 Å². The summed E-state index contributed by atoms with van der Waals surface area (Å²) in [4.78, 5) is 27.4. The van der Waals surface area contributed by atoms with Gasteiger partial charge in [0.1, 0.15) is 5.82 Å². The van der Waals surface area contributed by atoms with Crippen LogP contribution in [-0.2, 0) is 11.2 Å². The fourth-order valence-electron chi connectivity index (χ4n) is 2.58. The highest BCUT2D eigenvalue weighted by molar-refractivity contribution is 5.99. The minimum Gasteiger partial charge on any atom is -0.366 e. The molecule has 29 heavy (non-hydrogen) atoms. The van der Waals surface area contributed by atoms with E-state index in [0.717, 1.165) is 18.3 Å². The number of para-hydroxylation sites is 1. The lowest BCUT2D eigenvalue weighted by molar-refractivity contribution is -0.115. The van der Waals surface area contributed by atoms with E-state index in [0.29, 0.717) is 0 Å². The molecule has 0 spiro atoms. The molecule has 0 fully saturated rings. The highest BCUT2D eigenvalue weighted by Gasteiger charge is 2.13. The lowest BCUT2D eigenvalue weighted by atomic mass is 10.1. The molecule has 0 bridgehead atoms. The van der Waals surface area contributed by atoms with Crippen LogP contribution in [0.1, 0.15) is 15.9 Å². The molecular weight excluding hydrogens is 385 g/mol. The molecule has 4 N–H and O–H groups in total. The molecule has 0 saturated heterocycles. The second-order valence-electron chi connectivity index (χ2n) is 6.06. The van der Waals surface area contributed by atoms with Crippen molar-refractivity contribution in [2.75, 3.05) is 10.6 Å². The number of carbonyl (C=O) groups excluding carboxylic acids is 2. The largest absolute Gasteiger partial charge is 0.366 e. The molecule has 6 nitrogen and oxygen atoms in total. The third kappa shape index (κ3) is 4.89. The summed E-state index contributed by atoms with van der Waals surface area (Å²) >= 11 is 0. The van der Waals surface area contributed by atoms with Crippen molar-refractivity contribution < 1.29 is 22.8 Å². The number of amides is 2. The van der Waals surface area contributed by atoms with E-state index in [1.54, 1.807) is 18.2 Å². The topological polar surface area (TPSA) is 97.1 Å². The summed E-state index contributed by atoms with van der Waals surface area (Å²) < 4.78 is 40.3. The summed E-state index contributed by atoms with van der Waals surface area (Å²) in [6.07, 6.45) is 0.659. The second-order valence-corrected chi connectivity index (χ2v) is 6.06. The van der Waals surface area contributed by atoms with Crippen molar-refractivity contribution in [3.63, 3.8) is 0 Å². The Morgan fingerprint density at radius 2 is 1.69 bits per heavy atom. The number of nitrogens with two attached hydrogens (primary N) is 1. The third-order valence-corrected chi connectivity index (χ3v) is 3.93. The SMILES string of the molecule is NC(=O)c1ccccc1Nc1cc(NC(=O)Cc2ccc(F)c(F)c2)ncc1F. The smallest absolute Gasteiger partial charge is 0.250 e. The Labute approximate surface area is 163 Å². The number of aromatic nitrogens is 1. The minimum absolute atomic E-state index is 0.0260. The predicted octanol–water partition coefficient (Wildman–Crippen LogP) is 3.52. The van der Waals surface area contributed by atoms with Gasteiger partial charge in [0, 0.05) is 6.07 Å². The first-order valence-electron chi connectivity index (χ1n) is 8.38. The van der Waals surface area contributed by atoms with Crippen LogP contribution in [0.4, 0.5) is 30.4 Å². The van der Waals surface area contributed by atoms with Crippen LogP contribution in [-0.4, -0.2) is 16.8 Å². The van der Waals surface area contributed by atoms with Gasteiger partial charge in [0.05, 0.1) is 29.6 Å². The molecule has 0 atom stereocenters. The number of hydrogen-bond acceptors (Lipinski definition) is 4. The Morgan fingerprint density at radius 3 is 2.41 bits per heavy atom. The summed E-state index contributed by atoms with van der Waals surface area (Å²) in [5, 5.41) is 5.19. The number of pyridine rings is 1. The van der Waals surface area contributed by atoms with Crippen LogP contribution in [0.25, 0.3) is 0 Å². The number of rotatable bonds is 6. The van der Waals surface area contributed by atoms with Crippen molar-refractivity contribution in [3.8, 4) is 0 Å². The summed E-state index contributed by atoms with van der Waals surface area (Å²) in [7, 11) is 0. The standard InChI is InChI=1S/C20H15F3N4O2/c21-13-6-5-11(7-14(13)22)8-19(28)27-18-9-17(15(23)10-25-18)26-16-4-2-1-3-12(16)20(24)29/h1-7,9-10H,8H2,(H2,24,29)(H2,25,26,27,28). The van der Waals surface area contributed by atoms with E-state index >= 15 is 0 Å². The molecule has 0 aliphatic carbocycles. The van der Waals surface area contributed by atoms with Gasteiger partial charge >= 0.3 is 0 Å². The number of carbonyl (C=O) groups is 2. The van der Waals surface area contributed by atoms with Crippen LogP contribution in [0, 0.1) is 17.5 Å². The van der Waals surface area contributed by atoms with Crippen molar-refractivity contribution in [1.82, 2.24) is 4.98 Å². The molecule has 0 saturated carbocycles. The van der Waals surface area contributed by atoms with Crippen LogP contribution in [0.15, 0.2) is 54.7 Å². The monoisotopic (exact) mass is 400 g/mol. The van der Waals surface area contributed by atoms with Crippen molar-refractivity contribution >= 4 is 29.0 Å². The van der Waals surface area contributed by atoms with Crippen LogP contribution in [0.5, 0.6) is 0 Å². The highest BCUT2D eigenvalue weighted by Crippen LogP contribution is 2.24. The molecule has 1 aromatic heterocycles. The van der Waals surface area contributed by atoms with E-state index in [1.165, 1.54) is 18.2 Å². The van der Waals surface area contributed by atoms with Crippen molar-refractivity contribution in [3.05, 3.63) is 83.3 Å². The first kappa shape index (κ1) is 19.9. The summed E-state index contributed by atoms with van der Waals surface area (Å²) in [6.45, 7) is 0. The maximum Gasteiger partial charge on any atom is 0.250 e. The Kier molecular flexibility index (Phi) is 5.77. The average Bonchev–Trinajstić information content (AvgIpc) is 2.67. The van der Waals surface area contributed by atoms with Gasteiger partial charge in [0.2, 0.25) is 5.91 Å². The van der Waals surface area contributed by atoms with Crippen molar-refractivity contribution in [2.24, 2.45) is 5.73 Å². The lowest BCUT2D eigenvalue weighted by Crippen LogP contribution is -2.16. The summed E-state index contributed by atoms with van der Waals surface area (Å²) in [5.74, 6) is -4.02. The zero-order valence-corrected chi connectivity index (χ0v) is 14.9. The number of hydrogen-bond donors (Lipinski definition) is 3. The Bertz CT molecular complexity index is 1090. The Morgan fingerprint density at radius 1 is 0.931 bits per heavy atom. The van der Waals surface area contributed by atoms with Crippen LogP contribution >= 0.6 is 0 Å². The minimum atomic E-state index is -1.06. The van der Waals surface area contributed by atoms with Gasteiger partial charge in [-0.05, 0) is 29.8 Å². The number of benzene rings is 2. The van der Waals surface area contributed by atoms with E-state index in [1.807, 2.05) is 0 Å². The second kappa shape index (κ2) is 8.42. The molecule has 3 aromatic rings. The molecule has 148 valence electrons. The molecular formula is C20H15F3N4O2. The molecule has 0 radical (unpaired) electrons. The van der Waals surface area contributed by atoms with Crippen molar-refractivity contribution in [2.45, 2.75) is 6.42 Å². The fraction of sp³-hybridized carbons (Fsp3) is 0.0500. The fourth-order valence-corrected chi connectivity index (χ4v) is 2.58. The molecule has 1 heterocycles. The number of halogens is 3. The molecule has 0 unspecified atom stereocenters.